The molecule has 1 fully saturated rings. The number of Topliss-reactive ketones (excluding diaryl/α,β-unsaturated/α-hetero) is 1. The SMILES string of the molecule is CCN(CC)C(=O)c1cc2c(C3CCN(S(=O)(=O)c4ccc(C(C)=O)cc4)CC3)cccn2n1. The topological polar surface area (TPSA) is 92.1 Å². The maximum Gasteiger partial charge on any atom is 0.274 e. The van der Waals surface area contributed by atoms with Crippen LogP contribution in [0.4, 0.5) is 0 Å². The van der Waals surface area contributed by atoms with Crippen LogP contribution in [0, 0.1) is 0 Å². The van der Waals surface area contributed by atoms with Gasteiger partial charge >= 0.3 is 0 Å². The molecule has 1 amide bonds. The number of nitrogens with zero attached hydrogens (tertiary/aromatic N) is 4. The number of sulfonamides is 1. The van der Waals surface area contributed by atoms with Gasteiger partial charge in [-0.2, -0.15) is 9.40 Å². The van der Waals surface area contributed by atoms with Crippen molar-refractivity contribution in [1.82, 2.24) is 18.8 Å². The molecule has 8 nitrogen and oxygen atoms in total. The molecule has 0 unspecified atom stereocenters. The van der Waals surface area contributed by atoms with Crippen molar-refractivity contribution in [1.29, 1.82) is 0 Å². The minimum absolute atomic E-state index is 0.0867. The smallest absolute Gasteiger partial charge is 0.274 e. The van der Waals surface area contributed by atoms with Crippen molar-refractivity contribution in [2.24, 2.45) is 0 Å². The van der Waals surface area contributed by atoms with Gasteiger partial charge in [0.15, 0.2) is 11.5 Å². The highest BCUT2D eigenvalue weighted by Gasteiger charge is 2.31. The third-order valence-electron chi connectivity index (χ3n) is 6.60. The largest absolute Gasteiger partial charge is 0.338 e. The number of pyridine rings is 1. The zero-order chi connectivity index (χ0) is 24.5. The van der Waals surface area contributed by atoms with Crippen molar-refractivity contribution in [3.8, 4) is 0 Å². The van der Waals surface area contributed by atoms with E-state index < -0.39 is 10.0 Å². The van der Waals surface area contributed by atoms with Gasteiger partial charge in [0.2, 0.25) is 10.0 Å². The van der Waals surface area contributed by atoms with Crippen LogP contribution in [0.3, 0.4) is 0 Å². The van der Waals surface area contributed by atoms with E-state index in [0.29, 0.717) is 50.3 Å². The lowest BCUT2D eigenvalue weighted by molar-refractivity contribution is 0.0766. The Morgan fingerprint density at radius 1 is 1.06 bits per heavy atom. The van der Waals surface area contributed by atoms with Gasteiger partial charge in [0, 0.05) is 37.9 Å². The maximum absolute atomic E-state index is 13.1. The second kappa shape index (κ2) is 9.68. The van der Waals surface area contributed by atoms with Crippen LogP contribution < -0.4 is 0 Å². The molecule has 4 rings (SSSR count). The molecule has 0 spiro atoms. The van der Waals surface area contributed by atoms with Crippen LogP contribution in [0.1, 0.15) is 65.9 Å². The monoisotopic (exact) mass is 482 g/mol. The summed E-state index contributed by atoms with van der Waals surface area (Å²) in [5, 5.41) is 4.49. The lowest BCUT2D eigenvalue weighted by atomic mass is 9.90. The van der Waals surface area contributed by atoms with E-state index in [1.54, 1.807) is 21.5 Å². The Hall–Kier alpha value is -3.04. The summed E-state index contributed by atoms with van der Waals surface area (Å²) < 4.78 is 29.5. The molecule has 0 radical (unpaired) electrons. The summed E-state index contributed by atoms with van der Waals surface area (Å²) in [5.41, 5.74) is 2.88. The summed E-state index contributed by atoms with van der Waals surface area (Å²) in [6.07, 6.45) is 3.19. The van der Waals surface area contributed by atoms with E-state index >= 15 is 0 Å². The number of rotatable bonds is 7. The van der Waals surface area contributed by atoms with Gasteiger partial charge in [-0.25, -0.2) is 12.9 Å². The summed E-state index contributed by atoms with van der Waals surface area (Å²) in [5.74, 6) is -0.0135. The summed E-state index contributed by atoms with van der Waals surface area (Å²) in [6, 6.07) is 11.9. The number of amides is 1. The van der Waals surface area contributed by atoms with Gasteiger partial charge < -0.3 is 4.90 Å². The highest BCUT2D eigenvalue weighted by atomic mass is 32.2. The number of benzene rings is 1. The number of carbonyl (C=O) groups is 2. The Morgan fingerprint density at radius 3 is 2.29 bits per heavy atom. The Bertz CT molecular complexity index is 1300. The van der Waals surface area contributed by atoms with Crippen LogP contribution in [0.2, 0.25) is 0 Å². The van der Waals surface area contributed by atoms with Crippen LogP contribution in [-0.4, -0.2) is 65.1 Å². The van der Waals surface area contributed by atoms with Gasteiger partial charge in [-0.05, 0) is 69.4 Å². The molecule has 3 aromatic rings. The average molecular weight is 483 g/mol. The van der Waals surface area contributed by atoms with Crippen LogP contribution in [0.25, 0.3) is 5.52 Å². The molecule has 0 saturated carbocycles. The lowest BCUT2D eigenvalue weighted by Crippen LogP contribution is -2.38. The number of aromatic nitrogens is 2. The third kappa shape index (κ3) is 4.50. The van der Waals surface area contributed by atoms with Gasteiger partial charge in [-0.1, -0.05) is 18.2 Å². The third-order valence-corrected chi connectivity index (χ3v) is 8.51. The second-order valence-electron chi connectivity index (χ2n) is 8.56. The average Bonchev–Trinajstić information content (AvgIpc) is 3.29. The number of fused-ring (bicyclic) bond motifs is 1. The maximum atomic E-state index is 13.1. The first-order chi connectivity index (χ1) is 16.3. The molecule has 2 aromatic heterocycles. The molecular weight excluding hydrogens is 452 g/mol. The van der Waals surface area contributed by atoms with Crippen molar-refractivity contribution in [3.05, 3.63) is 65.5 Å². The zero-order valence-corrected chi connectivity index (χ0v) is 20.6. The Labute approximate surface area is 200 Å². The van der Waals surface area contributed by atoms with Crippen molar-refractivity contribution in [2.45, 2.75) is 44.4 Å². The highest BCUT2D eigenvalue weighted by molar-refractivity contribution is 7.89. The van der Waals surface area contributed by atoms with Crippen molar-refractivity contribution in [3.63, 3.8) is 0 Å². The molecule has 0 aliphatic carbocycles. The fourth-order valence-corrected chi connectivity index (χ4v) is 6.05. The molecule has 1 aliphatic heterocycles. The van der Waals surface area contributed by atoms with Crippen LogP contribution in [-0.2, 0) is 10.0 Å². The minimum Gasteiger partial charge on any atom is -0.338 e. The summed E-state index contributed by atoms with van der Waals surface area (Å²) in [6.45, 7) is 7.41. The molecule has 180 valence electrons. The highest BCUT2D eigenvalue weighted by Crippen LogP contribution is 2.33. The van der Waals surface area contributed by atoms with E-state index in [-0.39, 0.29) is 22.5 Å². The number of ketones is 1. The molecule has 9 heteroatoms. The predicted molar refractivity (Wildman–Crippen MR) is 130 cm³/mol. The molecule has 1 saturated heterocycles. The predicted octanol–water partition coefficient (Wildman–Crippen LogP) is 3.59. The lowest BCUT2D eigenvalue weighted by Gasteiger charge is -2.31. The first-order valence-corrected chi connectivity index (χ1v) is 13.1. The molecule has 34 heavy (non-hydrogen) atoms. The van der Waals surface area contributed by atoms with E-state index in [0.717, 1.165) is 11.1 Å². The van der Waals surface area contributed by atoms with Crippen molar-refractivity contribution >= 4 is 27.2 Å². The Balaban J connectivity index is 1.52. The van der Waals surface area contributed by atoms with Gasteiger partial charge in [0.05, 0.1) is 10.4 Å². The van der Waals surface area contributed by atoms with E-state index in [1.807, 2.05) is 38.2 Å². The van der Waals surface area contributed by atoms with Gasteiger partial charge in [-0.15, -0.1) is 0 Å². The number of hydrogen-bond acceptors (Lipinski definition) is 5. The summed E-state index contributed by atoms with van der Waals surface area (Å²) >= 11 is 0. The standard InChI is InChI=1S/C25H30N4O4S/c1-4-27(5-2)25(31)23-17-24-22(7-6-14-29(24)26-23)20-12-15-28(16-13-20)34(32,33)21-10-8-19(9-11-21)18(3)30/h6-11,14,17,20H,4-5,12-13,15-16H2,1-3H3. The first-order valence-electron chi connectivity index (χ1n) is 11.6. The number of carbonyl (C=O) groups excluding carboxylic acids is 2. The quantitative estimate of drug-likeness (QED) is 0.480. The minimum atomic E-state index is -3.62. The van der Waals surface area contributed by atoms with E-state index in [1.165, 1.54) is 23.4 Å². The van der Waals surface area contributed by atoms with Crippen molar-refractivity contribution < 1.29 is 18.0 Å². The van der Waals surface area contributed by atoms with Gasteiger partial charge in [0.25, 0.3) is 5.91 Å². The molecule has 0 atom stereocenters. The molecule has 3 heterocycles. The Kier molecular flexibility index (Phi) is 6.86. The van der Waals surface area contributed by atoms with Gasteiger partial charge in [0.1, 0.15) is 0 Å². The summed E-state index contributed by atoms with van der Waals surface area (Å²) in [7, 11) is -3.62. The zero-order valence-electron chi connectivity index (χ0n) is 19.8. The normalized spacial score (nSPS) is 15.5. The molecule has 0 bridgehead atoms. The second-order valence-corrected chi connectivity index (χ2v) is 10.5. The fourth-order valence-electron chi connectivity index (χ4n) is 4.58. The number of piperidine rings is 1. The van der Waals surface area contributed by atoms with E-state index in [4.69, 9.17) is 0 Å². The Morgan fingerprint density at radius 2 is 1.71 bits per heavy atom. The molecule has 1 aliphatic rings. The first kappa shape index (κ1) is 24.1. The summed E-state index contributed by atoms with van der Waals surface area (Å²) in [4.78, 5) is 26.2. The molecule has 1 aromatic carbocycles. The van der Waals surface area contributed by atoms with E-state index in [2.05, 4.69) is 5.10 Å². The van der Waals surface area contributed by atoms with Crippen molar-refractivity contribution in [2.75, 3.05) is 26.2 Å². The van der Waals surface area contributed by atoms with Crippen LogP contribution in [0.5, 0.6) is 0 Å². The van der Waals surface area contributed by atoms with Crippen LogP contribution in [0.15, 0.2) is 53.6 Å². The van der Waals surface area contributed by atoms with Crippen LogP contribution >= 0.6 is 0 Å². The van der Waals surface area contributed by atoms with E-state index in [9.17, 15) is 18.0 Å². The van der Waals surface area contributed by atoms with Gasteiger partial charge in [-0.3, -0.25) is 9.59 Å². The molecular formula is C25H30N4O4S. The fraction of sp³-hybridized carbons (Fsp3) is 0.400. The number of hydrogen-bond donors (Lipinski definition) is 0. The molecule has 0 N–H and O–H groups in total.